The molecule has 0 saturated carbocycles. The Kier molecular flexibility index (Phi) is 4.98. The first-order valence-corrected chi connectivity index (χ1v) is 6.08. The maximum absolute atomic E-state index is 12.8. The molecule has 1 atom stereocenters. The summed E-state index contributed by atoms with van der Waals surface area (Å²) in [5.74, 6) is 0.914. The Morgan fingerprint density at radius 1 is 1.50 bits per heavy atom. The number of halogens is 1. The van der Waals surface area contributed by atoms with E-state index in [1.165, 1.54) is 6.07 Å². The number of hydrogen-bond acceptors (Lipinski definition) is 2. The van der Waals surface area contributed by atoms with E-state index >= 15 is 0 Å². The van der Waals surface area contributed by atoms with Crippen LogP contribution in [-0.4, -0.2) is 18.1 Å². The van der Waals surface area contributed by atoms with Crippen LogP contribution in [0, 0.1) is 5.82 Å². The minimum Gasteiger partial charge on any atom is -0.309 e. The predicted octanol–water partition coefficient (Wildman–Crippen LogP) is 2.67. The molecule has 1 N–H and O–H groups in total. The van der Waals surface area contributed by atoms with Crippen molar-refractivity contribution in [1.29, 1.82) is 0 Å². The molecule has 0 aliphatic heterocycles. The molecule has 1 rings (SSSR count). The van der Waals surface area contributed by atoms with Gasteiger partial charge in [-0.2, -0.15) is 11.8 Å². The smallest absolute Gasteiger partial charge is 0.123 e. The molecule has 3 heteroatoms. The van der Waals surface area contributed by atoms with E-state index < -0.39 is 0 Å². The Morgan fingerprint density at radius 3 is 2.93 bits per heavy atom. The Bertz CT molecular complexity index is 278. The molecule has 14 heavy (non-hydrogen) atoms. The van der Waals surface area contributed by atoms with Crippen LogP contribution in [0.4, 0.5) is 4.39 Å². The van der Waals surface area contributed by atoms with Gasteiger partial charge < -0.3 is 5.32 Å². The lowest BCUT2D eigenvalue weighted by atomic mass is 10.2. The maximum Gasteiger partial charge on any atom is 0.123 e. The third-order valence-corrected chi connectivity index (χ3v) is 2.79. The van der Waals surface area contributed by atoms with Crippen LogP contribution in [0.3, 0.4) is 0 Å². The highest BCUT2D eigenvalue weighted by molar-refractivity contribution is 7.98. The van der Waals surface area contributed by atoms with E-state index in [0.717, 1.165) is 17.9 Å². The van der Waals surface area contributed by atoms with Crippen LogP contribution in [-0.2, 0) is 6.54 Å². The third kappa shape index (κ3) is 4.11. The van der Waals surface area contributed by atoms with Crippen molar-refractivity contribution in [3.05, 3.63) is 35.6 Å². The van der Waals surface area contributed by atoms with Crippen molar-refractivity contribution < 1.29 is 4.39 Å². The Balaban J connectivity index is 2.37. The Labute approximate surface area is 89.1 Å². The minimum atomic E-state index is -0.165. The third-order valence-electron chi connectivity index (χ3n) is 1.96. The summed E-state index contributed by atoms with van der Waals surface area (Å²) in [6, 6.07) is 7.18. The van der Waals surface area contributed by atoms with Crippen LogP contribution in [0.5, 0.6) is 0 Å². The van der Waals surface area contributed by atoms with Gasteiger partial charge >= 0.3 is 0 Å². The summed E-state index contributed by atoms with van der Waals surface area (Å²) >= 11 is 1.81. The highest BCUT2D eigenvalue weighted by Crippen LogP contribution is 2.04. The van der Waals surface area contributed by atoms with Gasteiger partial charge in [-0.05, 0) is 30.9 Å². The lowest BCUT2D eigenvalue weighted by Gasteiger charge is -2.12. The second kappa shape index (κ2) is 6.04. The van der Waals surface area contributed by atoms with E-state index in [0.29, 0.717) is 6.04 Å². The van der Waals surface area contributed by atoms with E-state index in [4.69, 9.17) is 0 Å². The molecule has 0 fully saturated rings. The topological polar surface area (TPSA) is 12.0 Å². The molecule has 1 aromatic rings. The lowest BCUT2D eigenvalue weighted by molar-refractivity contribution is 0.587. The summed E-state index contributed by atoms with van der Waals surface area (Å²) < 4.78 is 12.8. The minimum absolute atomic E-state index is 0.165. The van der Waals surface area contributed by atoms with Crippen molar-refractivity contribution in [2.75, 3.05) is 12.0 Å². The van der Waals surface area contributed by atoms with Gasteiger partial charge in [0, 0.05) is 18.3 Å². The molecule has 0 spiro atoms. The van der Waals surface area contributed by atoms with Crippen LogP contribution in [0.2, 0.25) is 0 Å². The molecular weight excluding hydrogens is 197 g/mol. The molecular formula is C11H16FNS. The molecule has 0 radical (unpaired) electrons. The molecule has 0 aliphatic rings. The highest BCUT2D eigenvalue weighted by atomic mass is 32.2. The van der Waals surface area contributed by atoms with Gasteiger partial charge in [-0.15, -0.1) is 0 Å². The summed E-state index contributed by atoms with van der Waals surface area (Å²) in [6.07, 6.45) is 2.08. The summed E-state index contributed by atoms with van der Waals surface area (Å²) in [6.45, 7) is 2.87. The molecule has 0 aromatic heterocycles. The fraction of sp³-hybridized carbons (Fsp3) is 0.455. The van der Waals surface area contributed by atoms with E-state index in [1.807, 2.05) is 17.8 Å². The van der Waals surface area contributed by atoms with Crippen molar-refractivity contribution >= 4 is 11.8 Å². The Morgan fingerprint density at radius 2 is 2.29 bits per heavy atom. The molecule has 1 aromatic carbocycles. The first-order valence-electron chi connectivity index (χ1n) is 4.69. The van der Waals surface area contributed by atoms with Crippen LogP contribution < -0.4 is 5.32 Å². The predicted molar refractivity (Wildman–Crippen MR) is 61.1 cm³/mol. The number of hydrogen-bond donors (Lipinski definition) is 1. The first kappa shape index (κ1) is 11.5. The van der Waals surface area contributed by atoms with E-state index in [1.54, 1.807) is 12.1 Å². The summed E-state index contributed by atoms with van der Waals surface area (Å²) in [4.78, 5) is 0. The first-order chi connectivity index (χ1) is 6.72. The van der Waals surface area contributed by atoms with E-state index in [9.17, 15) is 4.39 Å². The standard InChI is InChI=1S/C11H16FNS/c1-9(8-14-2)13-7-10-4-3-5-11(12)6-10/h3-6,9,13H,7-8H2,1-2H3. The summed E-state index contributed by atoms with van der Waals surface area (Å²) in [5, 5.41) is 3.34. The second-order valence-corrected chi connectivity index (χ2v) is 4.28. The largest absolute Gasteiger partial charge is 0.309 e. The average Bonchev–Trinajstić information content (AvgIpc) is 2.15. The van der Waals surface area contributed by atoms with Gasteiger partial charge in [0.15, 0.2) is 0 Å². The second-order valence-electron chi connectivity index (χ2n) is 3.37. The van der Waals surface area contributed by atoms with Crippen LogP contribution in [0.15, 0.2) is 24.3 Å². The molecule has 78 valence electrons. The quantitative estimate of drug-likeness (QED) is 0.807. The monoisotopic (exact) mass is 213 g/mol. The molecule has 0 heterocycles. The van der Waals surface area contributed by atoms with Crippen LogP contribution >= 0.6 is 11.8 Å². The van der Waals surface area contributed by atoms with Gasteiger partial charge in [0.2, 0.25) is 0 Å². The molecule has 0 amide bonds. The van der Waals surface area contributed by atoms with Crippen molar-refractivity contribution in [3.8, 4) is 0 Å². The number of benzene rings is 1. The van der Waals surface area contributed by atoms with Gasteiger partial charge in [0.1, 0.15) is 5.82 Å². The fourth-order valence-corrected chi connectivity index (χ4v) is 1.87. The van der Waals surface area contributed by atoms with Gasteiger partial charge in [0.05, 0.1) is 0 Å². The van der Waals surface area contributed by atoms with E-state index in [-0.39, 0.29) is 5.82 Å². The summed E-state index contributed by atoms with van der Waals surface area (Å²) in [7, 11) is 0. The van der Waals surface area contributed by atoms with Gasteiger partial charge in [-0.1, -0.05) is 12.1 Å². The van der Waals surface area contributed by atoms with Crippen molar-refractivity contribution in [2.45, 2.75) is 19.5 Å². The zero-order valence-electron chi connectivity index (χ0n) is 8.59. The average molecular weight is 213 g/mol. The van der Waals surface area contributed by atoms with E-state index in [2.05, 4.69) is 18.5 Å². The molecule has 0 bridgehead atoms. The van der Waals surface area contributed by atoms with Crippen molar-refractivity contribution in [2.24, 2.45) is 0 Å². The number of nitrogens with one attached hydrogen (secondary N) is 1. The van der Waals surface area contributed by atoms with Crippen molar-refractivity contribution in [1.82, 2.24) is 5.32 Å². The lowest BCUT2D eigenvalue weighted by Crippen LogP contribution is -2.27. The van der Waals surface area contributed by atoms with Gasteiger partial charge in [0.25, 0.3) is 0 Å². The van der Waals surface area contributed by atoms with Gasteiger partial charge in [-0.25, -0.2) is 4.39 Å². The zero-order valence-corrected chi connectivity index (χ0v) is 9.40. The van der Waals surface area contributed by atoms with Crippen LogP contribution in [0.25, 0.3) is 0 Å². The van der Waals surface area contributed by atoms with Gasteiger partial charge in [-0.3, -0.25) is 0 Å². The molecule has 1 nitrogen and oxygen atoms in total. The number of thioether (sulfide) groups is 1. The molecule has 1 unspecified atom stereocenters. The zero-order chi connectivity index (χ0) is 10.4. The molecule has 0 saturated heterocycles. The number of rotatable bonds is 5. The Hall–Kier alpha value is -0.540. The highest BCUT2D eigenvalue weighted by Gasteiger charge is 2.00. The van der Waals surface area contributed by atoms with Crippen LogP contribution in [0.1, 0.15) is 12.5 Å². The normalized spacial score (nSPS) is 12.8. The summed E-state index contributed by atoms with van der Waals surface area (Å²) in [5.41, 5.74) is 0.998. The molecule has 0 aliphatic carbocycles. The fourth-order valence-electron chi connectivity index (χ4n) is 1.25. The maximum atomic E-state index is 12.8. The van der Waals surface area contributed by atoms with Crippen molar-refractivity contribution in [3.63, 3.8) is 0 Å². The SMILES string of the molecule is CSCC(C)NCc1cccc(F)c1.